The lowest BCUT2D eigenvalue weighted by Crippen LogP contribution is -2.21. The van der Waals surface area contributed by atoms with Gasteiger partial charge in [0.05, 0.1) is 5.25 Å². The van der Waals surface area contributed by atoms with Crippen molar-refractivity contribution in [3.63, 3.8) is 0 Å². The van der Waals surface area contributed by atoms with Crippen LogP contribution in [-0.2, 0) is 4.79 Å². The van der Waals surface area contributed by atoms with Gasteiger partial charge in [0.2, 0.25) is 0 Å². The first-order valence-electron chi connectivity index (χ1n) is 5.93. The van der Waals surface area contributed by atoms with Crippen LogP contribution in [0.15, 0.2) is 23.1 Å². The van der Waals surface area contributed by atoms with Gasteiger partial charge in [0.1, 0.15) is 5.78 Å². The molecule has 1 saturated carbocycles. The van der Waals surface area contributed by atoms with Gasteiger partial charge < -0.3 is 0 Å². The summed E-state index contributed by atoms with van der Waals surface area (Å²) in [4.78, 5) is 13.1. The Kier molecular flexibility index (Phi) is 3.70. The zero-order valence-corrected chi connectivity index (χ0v) is 10.8. The number of carbonyl (C=O) groups excluding carboxylic acids is 1. The monoisotopic (exact) mass is 234 g/mol. The van der Waals surface area contributed by atoms with Gasteiger partial charge in [0.25, 0.3) is 0 Å². The summed E-state index contributed by atoms with van der Waals surface area (Å²) in [6, 6.07) is 6.47. The van der Waals surface area contributed by atoms with Crippen molar-refractivity contribution < 1.29 is 4.79 Å². The van der Waals surface area contributed by atoms with Gasteiger partial charge >= 0.3 is 0 Å². The van der Waals surface area contributed by atoms with Crippen LogP contribution in [0.4, 0.5) is 0 Å². The van der Waals surface area contributed by atoms with Gasteiger partial charge in [-0.25, -0.2) is 0 Å². The summed E-state index contributed by atoms with van der Waals surface area (Å²) in [5.41, 5.74) is 2.56. The number of benzene rings is 1. The average molecular weight is 234 g/mol. The van der Waals surface area contributed by atoms with Crippen LogP contribution in [-0.4, -0.2) is 11.0 Å². The second-order valence-corrected chi connectivity index (χ2v) is 5.83. The molecule has 0 aliphatic heterocycles. The topological polar surface area (TPSA) is 17.1 Å². The smallest absolute Gasteiger partial charge is 0.146 e. The van der Waals surface area contributed by atoms with E-state index in [1.54, 1.807) is 11.8 Å². The third kappa shape index (κ3) is 2.67. The van der Waals surface area contributed by atoms with E-state index in [4.69, 9.17) is 0 Å². The van der Waals surface area contributed by atoms with Crippen LogP contribution < -0.4 is 0 Å². The Bertz CT molecular complexity index is 398. The first-order chi connectivity index (χ1) is 7.66. The van der Waals surface area contributed by atoms with E-state index >= 15 is 0 Å². The SMILES string of the molecule is Cc1ccc(C)c(S[C@H]2CCCCC2=O)c1. The second kappa shape index (κ2) is 5.05. The Balaban J connectivity index is 2.13. The minimum absolute atomic E-state index is 0.203. The van der Waals surface area contributed by atoms with E-state index in [1.807, 2.05) is 0 Å². The van der Waals surface area contributed by atoms with Gasteiger partial charge in [-0.3, -0.25) is 4.79 Å². The lowest BCUT2D eigenvalue weighted by Gasteiger charge is -2.20. The molecule has 1 aliphatic carbocycles. The molecule has 0 N–H and O–H groups in total. The minimum Gasteiger partial charge on any atom is -0.298 e. The van der Waals surface area contributed by atoms with Crippen LogP contribution in [0.1, 0.15) is 36.8 Å². The van der Waals surface area contributed by atoms with Crippen LogP contribution in [0, 0.1) is 13.8 Å². The Morgan fingerprint density at radius 3 is 2.81 bits per heavy atom. The molecule has 0 radical (unpaired) electrons. The molecule has 0 saturated heterocycles. The molecule has 0 spiro atoms. The molecule has 1 fully saturated rings. The van der Waals surface area contributed by atoms with Gasteiger partial charge in [0.15, 0.2) is 0 Å². The van der Waals surface area contributed by atoms with Crippen molar-refractivity contribution in [1.82, 2.24) is 0 Å². The van der Waals surface area contributed by atoms with E-state index in [9.17, 15) is 4.79 Å². The Morgan fingerprint density at radius 2 is 2.06 bits per heavy atom. The average Bonchev–Trinajstić information content (AvgIpc) is 2.27. The summed E-state index contributed by atoms with van der Waals surface area (Å²) in [6.07, 6.45) is 4.12. The predicted octanol–water partition coefficient (Wildman–Crippen LogP) is 3.91. The highest BCUT2D eigenvalue weighted by molar-refractivity contribution is 8.00. The molecule has 0 aromatic heterocycles. The summed E-state index contributed by atoms with van der Waals surface area (Å²) < 4.78 is 0. The van der Waals surface area contributed by atoms with E-state index in [-0.39, 0.29) is 5.25 Å². The number of thioether (sulfide) groups is 1. The molecule has 2 heteroatoms. The Labute approximate surface area is 102 Å². The number of aryl methyl sites for hydroxylation is 2. The molecule has 16 heavy (non-hydrogen) atoms. The molecule has 0 unspecified atom stereocenters. The summed E-state index contributed by atoms with van der Waals surface area (Å²) >= 11 is 1.76. The summed E-state index contributed by atoms with van der Waals surface area (Å²) in [5.74, 6) is 0.442. The summed E-state index contributed by atoms with van der Waals surface area (Å²) in [6.45, 7) is 4.22. The molecular weight excluding hydrogens is 216 g/mol. The van der Waals surface area contributed by atoms with Crippen molar-refractivity contribution in [2.45, 2.75) is 49.7 Å². The highest BCUT2D eigenvalue weighted by Gasteiger charge is 2.23. The van der Waals surface area contributed by atoms with Crippen molar-refractivity contribution in [3.05, 3.63) is 29.3 Å². The first kappa shape index (κ1) is 11.7. The Hall–Kier alpha value is -0.760. The highest BCUT2D eigenvalue weighted by atomic mass is 32.2. The van der Waals surface area contributed by atoms with E-state index in [1.165, 1.54) is 22.4 Å². The third-order valence-corrected chi connectivity index (χ3v) is 4.59. The molecule has 0 bridgehead atoms. The third-order valence-electron chi connectivity index (χ3n) is 3.11. The van der Waals surface area contributed by atoms with E-state index in [0.717, 1.165) is 19.3 Å². The highest BCUT2D eigenvalue weighted by Crippen LogP contribution is 2.33. The molecule has 86 valence electrons. The van der Waals surface area contributed by atoms with Gasteiger partial charge in [-0.05, 0) is 38.3 Å². The van der Waals surface area contributed by atoms with Crippen molar-refractivity contribution in [2.75, 3.05) is 0 Å². The molecule has 1 aromatic carbocycles. The number of rotatable bonds is 2. The lowest BCUT2D eigenvalue weighted by molar-refractivity contribution is -0.119. The normalized spacial score (nSPS) is 21.1. The number of carbonyl (C=O) groups is 1. The maximum absolute atomic E-state index is 11.8. The lowest BCUT2D eigenvalue weighted by atomic mass is 9.99. The minimum atomic E-state index is 0.203. The zero-order chi connectivity index (χ0) is 11.5. The standard InChI is InChI=1S/C14H18OS/c1-10-7-8-11(2)14(9-10)16-13-6-4-3-5-12(13)15/h7-9,13H,3-6H2,1-2H3/t13-/m0/s1. The first-order valence-corrected chi connectivity index (χ1v) is 6.81. The zero-order valence-electron chi connectivity index (χ0n) is 9.95. The molecule has 2 rings (SSSR count). The fraction of sp³-hybridized carbons (Fsp3) is 0.500. The number of hydrogen-bond acceptors (Lipinski definition) is 2. The predicted molar refractivity (Wildman–Crippen MR) is 69.0 cm³/mol. The van der Waals surface area contributed by atoms with Gasteiger partial charge in [-0.2, -0.15) is 0 Å². The maximum atomic E-state index is 11.8. The van der Waals surface area contributed by atoms with Crippen LogP contribution in [0.2, 0.25) is 0 Å². The van der Waals surface area contributed by atoms with Crippen LogP contribution in [0.25, 0.3) is 0 Å². The largest absolute Gasteiger partial charge is 0.298 e. The van der Waals surface area contributed by atoms with E-state index < -0.39 is 0 Å². The molecular formula is C14H18OS. The van der Waals surface area contributed by atoms with Crippen LogP contribution in [0.5, 0.6) is 0 Å². The summed E-state index contributed by atoms with van der Waals surface area (Å²) in [7, 11) is 0. The fourth-order valence-electron chi connectivity index (χ4n) is 2.06. The van der Waals surface area contributed by atoms with Gasteiger partial charge in [0, 0.05) is 11.3 Å². The maximum Gasteiger partial charge on any atom is 0.146 e. The van der Waals surface area contributed by atoms with Gasteiger partial charge in [-0.1, -0.05) is 24.1 Å². The van der Waals surface area contributed by atoms with E-state index in [0.29, 0.717) is 5.78 Å². The van der Waals surface area contributed by atoms with Crippen molar-refractivity contribution >= 4 is 17.5 Å². The summed E-state index contributed by atoms with van der Waals surface area (Å²) in [5, 5.41) is 0.203. The number of ketones is 1. The Morgan fingerprint density at radius 1 is 1.25 bits per heavy atom. The number of Topliss-reactive ketones (excluding diaryl/α,β-unsaturated/α-hetero) is 1. The van der Waals surface area contributed by atoms with Crippen LogP contribution >= 0.6 is 11.8 Å². The van der Waals surface area contributed by atoms with Crippen molar-refractivity contribution in [1.29, 1.82) is 0 Å². The second-order valence-electron chi connectivity index (χ2n) is 4.59. The van der Waals surface area contributed by atoms with Crippen molar-refractivity contribution in [3.8, 4) is 0 Å². The molecule has 1 atom stereocenters. The molecule has 1 nitrogen and oxygen atoms in total. The van der Waals surface area contributed by atoms with Crippen LogP contribution in [0.3, 0.4) is 0 Å². The fourth-order valence-corrected chi connectivity index (χ4v) is 3.41. The molecule has 0 heterocycles. The van der Waals surface area contributed by atoms with E-state index in [2.05, 4.69) is 32.0 Å². The molecule has 0 amide bonds. The number of hydrogen-bond donors (Lipinski definition) is 0. The molecule has 1 aliphatic rings. The van der Waals surface area contributed by atoms with Gasteiger partial charge in [-0.15, -0.1) is 11.8 Å². The quantitative estimate of drug-likeness (QED) is 0.772. The van der Waals surface area contributed by atoms with Crippen molar-refractivity contribution in [2.24, 2.45) is 0 Å². The molecule has 1 aromatic rings.